The molecule has 2 unspecified atom stereocenters. The Labute approximate surface area is 323 Å². The Bertz CT molecular complexity index is 1570. The van der Waals surface area contributed by atoms with E-state index in [2.05, 4.69) is 37.2 Å². The number of carbonyl (C=O) groups excluding carboxylic acids is 9. The van der Waals surface area contributed by atoms with Gasteiger partial charge in [0.2, 0.25) is 53.2 Å². The van der Waals surface area contributed by atoms with Gasteiger partial charge in [0, 0.05) is 20.8 Å². The van der Waals surface area contributed by atoms with Crippen molar-refractivity contribution in [1.82, 2.24) is 37.2 Å². The van der Waals surface area contributed by atoms with Crippen molar-refractivity contribution in [2.45, 2.75) is 100 Å². The molecule has 1 aliphatic rings. The van der Waals surface area contributed by atoms with Crippen LogP contribution in [0.15, 0.2) is 30.3 Å². The van der Waals surface area contributed by atoms with Crippen LogP contribution < -0.4 is 54.4 Å². The molecular weight excluding hydrogens is 740 g/mol. The molecule has 56 heavy (non-hydrogen) atoms. The Morgan fingerprint density at radius 1 is 0.839 bits per heavy atom. The van der Waals surface area contributed by atoms with Crippen molar-refractivity contribution in [3.63, 3.8) is 0 Å². The van der Waals surface area contributed by atoms with Crippen LogP contribution in [0.4, 0.5) is 0 Å². The van der Waals surface area contributed by atoms with Crippen LogP contribution in [0, 0.1) is 0 Å². The van der Waals surface area contributed by atoms with Crippen molar-refractivity contribution >= 4 is 53.2 Å². The van der Waals surface area contributed by atoms with Gasteiger partial charge in [0.25, 0.3) is 0 Å². The fraction of sp³-hybridized carbons (Fsp3) is 0.559. The summed E-state index contributed by atoms with van der Waals surface area (Å²) in [5.41, 5.74) is 17.3. The molecule has 1 fully saturated rings. The molecule has 1 heterocycles. The molecule has 1 aliphatic heterocycles. The molecule has 0 aromatic heterocycles. The maximum Gasteiger partial charge on any atom is 0.245 e. The summed E-state index contributed by atoms with van der Waals surface area (Å²) < 4.78 is 0. The lowest BCUT2D eigenvalue weighted by molar-refractivity contribution is -0.138. The highest BCUT2D eigenvalue weighted by molar-refractivity contribution is 5.98. The summed E-state index contributed by atoms with van der Waals surface area (Å²) in [4.78, 5) is 116. The van der Waals surface area contributed by atoms with Crippen LogP contribution in [-0.2, 0) is 49.6 Å². The van der Waals surface area contributed by atoms with Gasteiger partial charge in [-0.1, -0.05) is 30.3 Å². The van der Waals surface area contributed by atoms with E-state index in [4.69, 9.17) is 17.2 Å². The van der Waals surface area contributed by atoms with E-state index >= 15 is 0 Å². The number of nitrogens with two attached hydrogens (primary N) is 3. The topological polar surface area (TPSA) is 377 Å². The number of aliphatic hydroxyl groups excluding tert-OH is 3. The summed E-state index contributed by atoms with van der Waals surface area (Å²) in [5.74, 6) is -8.91. The number of primary amides is 2. The van der Waals surface area contributed by atoms with Crippen LogP contribution in [0.1, 0.15) is 52.4 Å². The SMILES string of the molecule is C[C@@H](O)[C@@H]1NC(=O)[C@H](CC(N)=O)NC(=O)C(N)CCCCNC(=O)CCC(C(=O)N[C@@H](CO)C(=O)N[C@@H](Cc2ccccc2)C(N)=O)NC(=O)[C@H](CO)NC1=O.[HH]. The number of benzene rings is 1. The zero-order valence-electron chi connectivity index (χ0n) is 30.8. The number of hydrogen-bond donors (Lipinski definition) is 13. The Morgan fingerprint density at radius 3 is 2.07 bits per heavy atom. The first kappa shape index (κ1) is 46.4. The van der Waals surface area contributed by atoms with Crippen LogP contribution in [0.5, 0.6) is 0 Å². The molecule has 0 spiro atoms. The first-order valence-electron chi connectivity index (χ1n) is 17.8. The van der Waals surface area contributed by atoms with E-state index in [0.717, 1.165) is 6.92 Å². The Balaban J connectivity index is 0.0000162. The Hall–Kier alpha value is -5.71. The third kappa shape index (κ3) is 15.6. The number of nitrogens with one attached hydrogen (secondary N) is 7. The van der Waals surface area contributed by atoms with Crippen molar-refractivity contribution in [2.24, 2.45) is 17.2 Å². The van der Waals surface area contributed by atoms with Gasteiger partial charge < -0.3 is 69.7 Å². The zero-order valence-corrected chi connectivity index (χ0v) is 30.8. The summed E-state index contributed by atoms with van der Waals surface area (Å²) in [6.07, 6.45) is -2.38. The van der Waals surface area contributed by atoms with E-state index in [1.807, 2.05) is 0 Å². The smallest absolute Gasteiger partial charge is 0.245 e. The lowest BCUT2D eigenvalue weighted by atomic mass is 10.0. The van der Waals surface area contributed by atoms with Crippen LogP contribution in [0.2, 0.25) is 0 Å². The van der Waals surface area contributed by atoms with E-state index in [9.17, 15) is 58.5 Å². The largest absolute Gasteiger partial charge is 0.394 e. The fourth-order valence-electron chi connectivity index (χ4n) is 5.37. The lowest BCUT2D eigenvalue weighted by Gasteiger charge is -2.27. The predicted molar refractivity (Wildman–Crippen MR) is 197 cm³/mol. The molecule has 22 heteroatoms. The average Bonchev–Trinajstić information content (AvgIpc) is 3.14. The molecule has 22 nitrogen and oxygen atoms in total. The van der Waals surface area contributed by atoms with Crippen LogP contribution >= 0.6 is 0 Å². The third-order valence-corrected chi connectivity index (χ3v) is 8.57. The fourth-order valence-corrected chi connectivity index (χ4v) is 5.37. The van der Waals surface area contributed by atoms with Crippen LogP contribution in [0.25, 0.3) is 0 Å². The van der Waals surface area contributed by atoms with Gasteiger partial charge in [0.1, 0.15) is 36.3 Å². The molecule has 9 amide bonds. The molecule has 2 rings (SSSR count). The summed E-state index contributed by atoms with van der Waals surface area (Å²) in [5, 5.41) is 46.5. The Morgan fingerprint density at radius 2 is 1.48 bits per heavy atom. The molecule has 1 aromatic carbocycles. The van der Waals surface area contributed by atoms with E-state index < -0.39 is 128 Å². The number of aliphatic hydroxyl groups is 3. The minimum Gasteiger partial charge on any atom is -0.394 e. The van der Waals surface area contributed by atoms with Crippen molar-refractivity contribution in [3.8, 4) is 0 Å². The molecule has 312 valence electrons. The molecule has 0 bridgehead atoms. The maximum absolute atomic E-state index is 13.5. The molecule has 1 aromatic rings. The number of rotatable bonds is 12. The van der Waals surface area contributed by atoms with E-state index in [1.54, 1.807) is 30.3 Å². The second-order valence-electron chi connectivity index (χ2n) is 13.2. The van der Waals surface area contributed by atoms with E-state index in [1.165, 1.54) is 0 Å². The normalized spacial score (nSPS) is 23.9. The molecular formula is C34H54N10O12. The van der Waals surface area contributed by atoms with E-state index in [-0.39, 0.29) is 27.2 Å². The molecule has 8 atom stereocenters. The third-order valence-electron chi connectivity index (χ3n) is 8.57. The van der Waals surface area contributed by atoms with Gasteiger partial charge in [-0.25, -0.2) is 0 Å². The van der Waals surface area contributed by atoms with Crippen LogP contribution in [0.3, 0.4) is 0 Å². The second-order valence-corrected chi connectivity index (χ2v) is 13.2. The minimum atomic E-state index is -1.83. The van der Waals surface area contributed by atoms with Crippen molar-refractivity contribution in [2.75, 3.05) is 19.8 Å². The monoisotopic (exact) mass is 794 g/mol. The van der Waals surface area contributed by atoms with Gasteiger partial charge in [0.05, 0.1) is 31.8 Å². The van der Waals surface area contributed by atoms with Crippen molar-refractivity contribution in [3.05, 3.63) is 35.9 Å². The van der Waals surface area contributed by atoms with Crippen LogP contribution in [-0.4, -0.2) is 137 Å². The van der Waals surface area contributed by atoms with Crippen molar-refractivity contribution in [1.29, 1.82) is 0 Å². The number of hydrogen-bond acceptors (Lipinski definition) is 13. The predicted octanol–water partition coefficient (Wildman–Crippen LogP) is -6.48. The summed E-state index contributed by atoms with van der Waals surface area (Å²) in [6, 6.07) is -2.43. The highest BCUT2D eigenvalue weighted by Crippen LogP contribution is 2.07. The quantitative estimate of drug-likeness (QED) is 0.0937. The van der Waals surface area contributed by atoms with Gasteiger partial charge in [0.15, 0.2) is 0 Å². The highest BCUT2D eigenvalue weighted by Gasteiger charge is 2.35. The van der Waals surface area contributed by atoms with Gasteiger partial charge in [-0.2, -0.15) is 0 Å². The molecule has 1 saturated heterocycles. The first-order chi connectivity index (χ1) is 26.5. The highest BCUT2D eigenvalue weighted by atomic mass is 16.3. The average molecular weight is 795 g/mol. The molecule has 16 N–H and O–H groups in total. The van der Waals surface area contributed by atoms with Crippen molar-refractivity contribution < 1.29 is 59.9 Å². The molecule has 0 saturated carbocycles. The molecule has 0 radical (unpaired) electrons. The van der Waals surface area contributed by atoms with Gasteiger partial charge in [-0.3, -0.25) is 43.2 Å². The number of carbonyl (C=O) groups is 9. The Kier molecular flexibility index (Phi) is 19.3. The minimum absolute atomic E-state index is 0. The summed E-state index contributed by atoms with van der Waals surface area (Å²) >= 11 is 0. The first-order valence-corrected chi connectivity index (χ1v) is 17.8. The van der Waals surface area contributed by atoms with Gasteiger partial charge in [-0.05, 0) is 38.2 Å². The second kappa shape index (κ2) is 23.3. The van der Waals surface area contributed by atoms with Gasteiger partial charge in [-0.15, -0.1) is 0 Å². The summed E-state index contributed by atoms with van der Waals surface area (Å²) in [7, 11) is 0. The summed E-state index contributed by atoms with van der Waals surface area (Å²) in [6.45, 7) is -0.839. The molecule has 0 aliphatic carbocycles. The maximum atomic E-state index is 13.5. The lowest BCUT2D eigenvalue weighted by Crippen LogP contribution is -2.62. The zero-order chi connectivity index (χ0) is 41.9. The van der Waals surface area contributed by atoms with E-state index in [0.29, 0.717) is 18.4 Å². The van der Waals surface area contributed by atoms with Gasteiger partial charge >= 0.3 is 0 Å². The standard InChI is InChI=1S/C34H52N10O12.H2/c1-17(47)27-34(56)43-24(16-46)32(54)39-20(30(52)42-23(15-45)33(55)40-21(28(37)50)13-18-7-3-2-4-8-18)10-11-26(49)38-12-6-5-9-19(35)29(51)41-22(14-25(36)48)31(53)44-27;/h2-4,7-8,17,19-24,27,45-47H,5-6,9-16,35H2,1H3,(H2,36,48)(H2,37,50)(H,38,49)(H,39,54)(H,40,55)(H,41,51)(H,42,52)(H,43,56)(H,44,53);1H/t17-,19?,20?,21+,22+,23+,24+,27+;/m1./s1. The number of amides is 9.